The van der Waals surface area contributed by atoms with Crippen molar-refractivity contribution in [3.05, 3.63) is 52.7 Å². The first-order chi connectivity index (χ1) is 12.2. The molecule has 0 unspecified atom stereocenters. The molecule has 25 heavy (non-hydrogen) atoms. The van der Waals surface area contributed by atoms with Gasteiger partial charge in [0.05, 0.1) is 11.1 Å². The number of aromatic nitrogens is 1. The maximum absolute atomic E-state index is 12.2. The lowest BCUT2D eigenvalue weighted by Gasteiger charge is -2.17. The molecular formula is C19H16N4O2. The van der Waals surface area contributed by atoms with Gasteiger partial charge in [-0.3, -0.25) is 4.79 Å². The molecule has 0 atom stereocenters. The van der Waals surface area contributed by atoms with Crippen LogP contribution in [0.4, 0.5) is 5.82 Å². The average molecular weight is 332 g/mol. The normalized spacial score (nSPS) is 12.4. The number of pyridine rings is 1. The van der Waals surface area contributed by atoms with E-state index in [1.165, 1.54) is 0 Å². The van der Waals surface area contributed by atoms with Crippen molar-refractivity contribution in [1.29, 1.82) is 10.5 Å². The Morgan fingerprint density at radius 3 is 2.72 bits per heavy atom. The Kier molecular flexibility index (Phi) is 4.92. The number of nitrogens with one attached hydrogen (secondary N) is 1. The lowest BCUT2D eigenvalue weighted by Crippen LogP contribution is -2.22. The molecule has 0 bridgehead atoms. The number of carbonyl (C=O) groups is 1. The number of nitrogens with zero attached hydrogens (tertiary/aromatic N) is 3. The minimum Gasteiger partial charge on any atom is -0.482 e. The summed E-state index contributed by atoms with van der Waals surface area (Å²) in [5, 5.41) is 21.0. The van der Waals surface area contributed by atoms with Crippen LogP contribution in [0.2, 0.25) is 0 Å². The first-order valence-corrected chi connectivity index (χ1v) is 8.06. The number of anilines is 1. The second-order valence-corrected chi connectivity index (χ2v) is 5.75. The standard InChI is InChI=1S/C19H16N4O2/c20-10-14-6-2-4-8-17(14)25-12-18(24)23-19-15(11-21)9-13-5-1-3-7-16(13)22-19/h2,4,6,8-9H,1,3,5,7,12H2,(H,22,23,24). The molecule has 6 nitrogen and oxygen atoms in total. The molecule has 3 rings (SSSR count). The predicted molar refractivity (Wildman–Crippen MR) is 90.9 cm³/mol. The Morgan fingerprint density at radius 1 is 1.16 bits per heavy atom. The zero-order valence-electron chi connectivity index (χ0n) is 13.6. The van der Waals surface area contributed by atoms with E-state index >= 15 is 0 Å². The summed E-state index contributed by atoms with van der Waals surface area (Å²) in [4.78, 5) is 16.6. The highest BCUT2D eigenvalue weighted by molar-refractivity contribution is 5.92. The van der Waals surface area contributed by atoms with E-state index in [2.05, 4.69) is 16.4 Å². The molecule has 0 saturated heterocycles. The van der Waals surface area contributed by atoms with Gasteiger partial charge in [0.2, 0.25) is 0 Å². The van der Waals surface area contributed by atoms with Gasteiger partial charge in [-0.2, -0.15) is 10.5 Å². The average Bonchev–Trinajstić information content (AvgIpc) is 2.66. The van der Waals surface area contributed by atoms with Gasteiger partial charge >= 0.3 is 0 Å². The van der Waals surface area contributed by atoms with Crippen molar-refractivity contribution in [2.45, 2.75) is 25.7 Å². The van der Waals surface area contributed by atoms with Crippen molar-refractivity contribution in [3.63, 3.8) is 0 Å². The number of aryl methyl sites for hydroxylation is 2. The lowest BCUT2D eigenvalue weighted by atomic mass is 9.95. The van der Waals surface area contributed by atoms with Crippen LogP contribution in [-0.2, 0) is 17.6 Å². The third-order valence-electron chi connectivity index (χ3n) is 4.05. The van der Waals surface area contributed by atoms with Crippen molar-refractivity contribution in [3.8, 4) is 17.9 Å². The molecule has 0 fully saturated rings. The summed E-state index contributed by atoms with van der Waals surface area (Å²) in [6.45, 7) is -0.262. The molecule has 1 heterocycles. The van der Waals surface area contributed by atoms with Gasteiger partial charge in [0.1, 0.15) is 17.9 Å². The number of nitriles is 2. The van der Waals surface area contributed by atoms with Crippen LogP contribution >= 0.6 is 0 Å². The van der Waals surface area contributed by atoms with E-state index in [1.807, 2.05) is 12.1 Å². The third-order valence-corrected chi connectivity index (χ3v) is 4.05. The van der Waals surface area contributed by atoms with E-state index in [-0.39, 0.29) is 12.4 Å². The molecule has 6 heteroatoms. The summed E-state index contributed by atoms with van der Waals surface area (Å²) in [7, 11) is 0. The van der Waals surface area contributed by atoms with Gasteiger partial charge in [0.15, 0.2) is 12.4 Å². The van der Waals surface area contributed by atoms with Crippen LogP contribution in [-0.4, -0.2) is 17.5 Å². The van der Waals surface area contributed by atoms with Crippen molar-refractivity contribution in [2.75, 3.05) is 11.9 Å². The number of hydrogen-bond acceptors (Lipinski definition) is 5. The van der Waals surface area contributed by atoms with E-state index in [0.717, 1.165) is 36.9 Å². The number of amides is 1. The molecule has 1 aliphatic rings. The summed E-state index contributed by atoms with van der Waals surface area (Å²) in [5.74, 6) is 0.192. The number of rotatable bonds is 4. The first kappa shape index (κ1) is 16.5. The van der Waals surface area contributed by atoms with E-state index in [4.69, 9.17) is 10.00 Å². The number of ether oxygens (including phenoxy) is 1. The zero-order valence-corrected chi connectivity index (χ0v) is 13.6. The molecule has 1 N–H and O–H groups in total. The molecule has 1 aromatic carbocycles. The van der Waals surface area contributed by atoms with Crippen LogP contribution in [0.1, 0.15) is 35.2 Å². The van der Waals surface area contributed by atoms with Crippen molar-refractivity contribution in [2.24, 2.45) is 0 Å². The third kappa shape index (κ3) is 3.76. The molecule has 124 valence electrons. The predicted octanol–water partition coefficient (Wildman–Crippen LogP) is 2.72. The molecule has 0 radical (unpaired) electrons. The molecule has 1 amide bonds. The van der Waals surface area contributed by atoms with Gasteiger partial charge in [-0.25, -0.2) is 4.98 Å². The van der Waals surface area contributed by atoms with Crippen molar-refractivity contribution < 1.29 is 9.53 Å². The van der Waals surface area contributed by atoms with Crippen LogP contribution in [0.15, 0.2) is 30.3 Å². The Morgan fingerprint density at radius 2 is 1.92 bits per heavy atom. The zero-order chi connectivity index (χ0) is 17.6. The Bertz CT molecular complexity index is 893. The molecule has 1 aromatic heterocycles. The van der Waals surface area contributed by atoms with Gasteiger partial charge in [-0.15, -0.1) is 0 Å². The van der Waals surface area contributed by atoms with Crippen molar-refractivity contribution >= 4 is 11.7 Å². The maximum atomic E-state index is 12.2. The lowest BCUT2D eigenvalue weighted by molar-refractivity contribution is -0.118. The van der Waals surface area contributed by atoms with Crippen molar-refractivity contribution in [1.82, 2.24) is 4.98 Å². The SMILES string of the molecule is N#Cc1ccccc1OCC(=O)Nc1nc2c(cc1C#N)CCCC2. The Labute approximate surface area is 145 Å². The second-order valence-electron chi connectivity index (χ2n) is 5.75. The smallest absolute Gasteiger partial charge is 0.263 e. The van der Waals surface area contributed by atoms with E-state index < -0.39 is 5.91 Å². The van der Waals surface area contributed by atoms with Gasteiger partial charge < -0.3 is 10.1 Å². The fourth-order valence-electron chi connectivity index (χ4n) is 2.81. The van der Waals surface area contributed by atoms with Gasteiger partial charge in [-0.05, 0) is 49.4 Å². The highest BCUT2D eigenvalue weighted by Crippen LogP contribution is 2.24. The maximum Gasteiger partial charge on any atom is 0.263 e. The monoisotopic (exact) mass is 332 g/mol. The number of benzene rings is 1. The highest BCUT2D eigenvalue weighted by Gasteiger charge is 2.17. The topological polar surface area (TPSA) is 98.8 Å². The molecular weight excluding hydrogens is 316 g/mol. The largest absolute Gasteiger partial charge is 0.482 e. The minimum atomic E-state index is -0.424. The van der Waals surface area contributed by atoms with E-state index in [9.17, 15) is 10.1 Å². The number of carbonyl (C=O) groups excluding carboxylic acids is 1. The van der Waals surface area contributed by atoms with Crippen LogP contribution < -0.4 is 10.1 Å². The summed E-state index contributed by atoms with van der Waals surface area (Å²) < 4.78 is 5.40. The highest BCUT2D eigenvalue weighted by atomic mass is 16.5. The van der Waals surface area contributed by atoms with Crippen LogP contribution in [0, 0.1) is 22.7 Å². The number of fused-ring (bicyclic) bond motifs is 1. The fourth-order valence-corrected chi connectivity index (χ4v) is 2.81. The second kappa shape index (κ2) is 7.46. The number of hydrogen-bond donors (Lipinski definition) is 1. The quantitative estimate of drug-likeness (QED) is 0.928. The summed E-state index contributed by atoms with van der Waals surface area (Å²) >= 11 is 0. The van der Waals surface area contributed by atoms with Crippen LogP contribution in [0.5, 0.6) is 5.75 Å². The fraction of sp³-hybridized carbons (Fsp3) is 0.263. The van der Waals surface area contributed by atoms with E-state index in [1.54, 1.807) is 24.3 Å². The van der Waals surface area contributed by atoms with Crippen LogP contribution in [0.3, 0.4) is 0 Å². The van der Waals surface area contributed by atoms with Crippen LogP contribution in [0.25, 0.3) is 0 Å². The summed E-state index contributed by atoms with van der Waals surface area (Å²) in [5.41, 5.74) is 2.74. The van der Waals surface area contributed by atoms with E-state index in [0.29, 0.717) is 16.9 Å². The van der Waals surface area contributed by atoms with Gasteiger partial charge in [0.25, 0.3) is 5.91 Å². The summed E-state index contributed by atoms with van der Waals surface area (Å²) in [6, 6.07) is 12.6. The molecule has 2 aromatic rings. The first-order valence-electron chi connectivity index (χ1n) is 8.06. The van der Waals surface area contributed by atoms with Gasteiger partial charge in [0, 0.05) is 5.69 Å². The molecule has 0 aliphatic heterocycles. The molecule has 1 aliphatic carbocycles. The Hall–Kier alpha value is -3.38. The number of para-hydroxylation sites is 1. The molecule has 0 spiro atoms. The summed E-state index contributed by atoms with van der Waals surface area (Å²) in [6.07, 6.45) is 3.93. The molecule has 0 saturated carbocycles. The van der Waals surface area contributed by atoms with Gasteiger partial charge in [-0.1, -0.05) is 12.1 Å². The Balaban J connectivity index is 1.71. The minimum absolute atomic E-state index is 0.262.